The van der Waals surface area contributed by atoms with Gasteiger partial charge in [-0.15, -0.1) is 0 Å². The minimum absolute atomic E-state index is 0.000492. The lowest BCUT2D eigenvalue weighted by Crippen LogP contribution is -2.35. The Morgan fingerprint density at radius 1 is 1.44 bits per heavy atom. The Hall–Kier alpha value is -0.630. The molecule has 0 aliphatic heterocycles. The predicted molar refractivity (Wildman–Crippen MR) is 72.6 cm³/mol. The van der Waals surface area contributed by atoms with E-state index in [0.717, 1.165) is 12.8 Å². The Kier molecular flexibility index (Phi) is 3.96. The molecular weight excluding hydrogens is 320 g/mol. The molecule has 0 amide bonds. The van der Waals surface area contributed by atoms with E-state index in [2.05, 4.69) is 15.9 Å². The molecule has 1 aliphatic carbocycles. The lowest BCUT2D eigenvalue weighted by Gasteiger charge is -2.21. The Balaban J connectivity index is 2.42. The lowest BCUT2D eigenvalue weighted by molar-refractivity contribution is 0.250. The minimum Gasteiger partial charge on any atom is -0.398 e. The Morgan fingerprint density at radius 2 is 2.11 bits per heavy atom. The molecule has 1 fully saturated rings. The van der Waals surface area contributed by atoms with E-state index in [1.165, 1.54) is 10.4 Å². The molecule has 2 rings (SSSR count). The average molecular weight is 335 g/mol. The van der Waals surface area contributed by atoms with Gasteiger partial charge in [-0.2, -0.15) is 4.31 Å². The summed E-state index contributed by atoms with van der Waals surface area (Å²) in [6.07, 6.45) is 1.68. The first kappa shape index (κ1) is 13.8. The molecule has 0 aromatic heterocycles. The summed E-state index contributed by atoms with van der Waals surface area (Å²) in [7, 11) is -3.63. The highest BCUT2D eigenvalue weighted by atomic mass is 79.9. The fourth-order valence-electron chi connectivity index (χ4n) is 1.82. The summed E-state index contributed by atoms with van der Waals surface area (Å²) in [4.78, 5) is 0.0947. The zero-order valence-electron chi connectivity index (χ0n) is 9.71. The minimum atomic E-state index is -3.63. The van der Waals surface area contributed by atoms with Gasteiger partial charge >= 0.3 is 0 Å². The SMILES string of the molecule is Nc1ccc(Br)cc1S(=O)(=O)N(CCO)C1CC1. The van der Waals surface area contributed by atoms with Gasteiger partial charge in [-0.05, 0) is 31.0 Å². The largest absolute Gasteiger partial charge is 0.398 e. The molecule has 5 nitrogen and oxygen atoms in total. The van der Waals surface area contributed by atoms with Crippen LogP contribution in [0, 0.1) is 0 Å². The number of aliphatic hydroxyl groups is 1. The molecule has 0 radical (unpaired) electrons. The maximum absolute atomic E-state index is 12.5. The second-order valence-electron chi connectivity index (χ2n) is 4.25. The van der Waals surface area contributed by atoms with Crippen LogP contribution in [0.15, 0.2) is 27.6 Å². The maximum Gasteiger partial charge on any atom is 0.245 e. The van der Waals surface area contributed by atoms with Crippen LogP contribution in [0.1, 0.15) is 12.8 Å². The lowest BCUT2D eigenvalue weighted by atomic mass is 10.3. The Labute approximate surface area is 115 Å². The second-order valence-corrected chi connectivity index (χ2v) is 7.03. The van der Waals surface area contributed by atoms with Gasteiger partial charge in [0.15, 0.2) is 0 Å². The van der Waals surface area contributed by atoms with Crippen LogP contribution in [0.25, 0.3) is 0 Å². The topological polar surface area (TPSA) is 83.6 Å². The van der Waals surface area contributed by atoms with Crippen LogP contribution >= 0.6 is 15.9 Å². The van der Waals surface area contributed by atoms with Gasteiger partial charge < -0.3 is 10.8 Å². The quantitative estimate of drug-likeness (QED) is 0.792. The van der Waals surface area contributed by atoms with E-state index >= 15 is 0 Å². The van der Waals surface area contributed by atoms with Gasteiger partial charge in [-0.3, -0.25) is 0 Å². The summed E-state index contributed by atoms with van der Waals surface area (Å²) in [5.74, 6) is 0. The third-order valence-corrected chi connectivity index (χ3v) is 5.34. The zero-order valence-corrected chi connectivity index (χ0v) is 12.1. The van der Waals surface area contributed by atoms with E-state index < -0.39 is 10.0 Å². The fraction of sp³-hybridized carbons (Fsp3) is 0.455. The first-order valence-electron chi connectivity index (χ1n) is 5.64. The molecule has 18 heavy (non-hydrogen) atoms. The predicted octanol–water partition coefficient (Wildman–Crippen LogP) is 1.18. The van der Waals surface area contributed by atoms with E-state index in [1.807, 2.05) is 0 Å². The highest BCUT2D eigenvalue weighted by Gasteiger charge is 2.38. The molecule has 0 spiro atoms. The summed E-state index contributed by atoms with van der Waals surface area (Å²) in [6.45, 7) is -0.0808. The van der Waals surface area contributed by atoms with Gasteiger partial charge in [0.2, 0.25) is 10.0 Å². The summed E-state index contributed by atoms with van der Waals surface area (Å²) in [5.41, 5.74) is 5.96. The molecule has 1 saturated carbocycles. The number of nitrogens with zero attached hydrogens (tertiary/aromatic N) is 1. The average Bonchev–Trinajstić information content (AvgIpc) is 3.13. The molecule has 1 aliphatic rings. The summed E-state index contributed by atoms with van der Waals surface area (Å²) in [5, 5.41) is 9.00. The summed E-state index contributed by atoms with van der Waals surface area (Å²) < 4.78 is 27.0. The number of benzene rings is 1. The van der Waals surface area contributed by atoms with E-state index in [1.54, 1.807) is 12.1 Å². The first-order chi connectivity index (χ1) is 8.46. The number of aliphatic hydroxyl groups excluding tert-OH is 1. The van der Waals surface area contributed by atoms with Crippen LogP contribution in [0.5, 0.6) is 0 Å². The van der Waals surface area contributed by atoms with Crippen molar-refractivity contribution in [1.29, 1.82) is 0 Å². The first-order valence-corrected chi connectivity index (χ1v) is 7.88. The van der Waals surface area contributed by atoms with Crippen molar-refractivity contribution < 1.29 is 13.5 Å². The number of hydrogen-bond donors (Lipinski definition) is 2. The molecule has 1 aromatic carbocycles. The number of rotatable bonds is 5. The van der Waals surface area contributed by atoms with Crippen molar-refractivity contribution >= 4 is 31.6 Å². The van der Waals surface area contributed by atoms with E-state index in [0.29, 0.717) is 4.47 Å². The second kappa shape index (κ2) is 5.16. The molecule has 0 saturated heterocycles. The van der Waals surface area contributed by atoms with E-state index in [-0.39, 0.29) is 29.8 Å². The molecule has 0 atom stereocenters. The maximum atomic E-state index is 12.5. The van der Waals surface area contributed by atoms with Crippen molar-refractivity contribution in [3.8, 4) is 0 Å². The Morgan fingerprint density at radius 3 is 2.67 bits per heavy atom. The number of nitrogens with two attached hydrogens (primary N) is 1. The summed E-state index contributed by atoms with van der Waals surface area (Å²) >= 11 is 3.24. The molecule has 100 valence electrons. The van der Waals surface area contributed by atoms with Gasteiger partial charge in [0, 0.05) is 17.1 Å². The van der Waals surface area contributed by atoms with Crippen molar-refractivity contribution in [1.82, 2.24) is 4.31 Å². The third kappa shape index (κ3) is 2.69. The zero-order chi connectivity index (χ0) is 13.3. The fourth-order valence-corrected chi connectivity index (χ4v) is 4.15. The number of halogens is 1. The van der Waals surface area contributed by atoms with E-state index in [4.69, 9.17) is 10.8 Å². The van der Waals surface area contributed by atoms with Crippen LogP contribution in [0.2, 0.25) is 0 Å². The highest BCUT2D eigenvalue weighted by molar-refractivity contribution is 9.10. The van der Waals surface area contributed by atoms with Gasteiger partial charge in [0.05, 0.1) is 12.3 Å². The standard InChI is InChI=1S/C11H15BrN2O3S/c12-8-1-4-10(13)11(7-8)18(16,17)14(5-6-15)9-2-3-9/h1,4,7,9,15H,2-3,5-6,13H2. The van der Waals surface area contributed by atoms with Crippen LogP contribution in [-0.2, 0) is 10.0 Å². The van der Waals surface area contributed by atoms with Crippen molar-refractivity contribution in [2.75, 3.05) is 18.9 Å². The van der Waals surface area contributed by atoms with Crippen molar-refractivity contribution in [3.63, 3.8) is 0 Å². The van der Waals surface area contributed by atoms with E-state index in [9.17, 15) is 8.42 Å². The highest BCUT2D eigenvalue weighted by Crippen LogP contribution is 2.34. The van der Waals surface area contributed by atoms with Gasteiger partial charge in [-0.1, -0.05) is 15.9 Å². The molecule has 3 N–H and O–H groups in total. The number of nitrogen functional groups attached to an aromatic ring is 1. The molecule has 0 bridgehead atoms. The van der Waals surface area contributed by atoms with Crippen LogP contribution in [-0.4, -0.2) is 37.0 Å². The van der Waals surface area contributed by atoms with Crippen molar-refractivity contribution in [2.45, 2.75) is 23.8 Å². The molecule has 0 unspecified atom stereocenters. The van der Waals surface area contributed by atoms with Crippen LogP contribution in [0.4, 0.5) is 5.69 Å². The molecular formula is C11H15BrN2O3S. The molecule has 1 aromatic rings. The smallest absolute Gasteiger partial charge is 0.245 e. The van der Waals surface area contributed by atoms with Crippen molar-refractivity contribution in [2.24, 2.45) is 0 Å². The number of sulfonamides is 1. The normalized spacial score (nSPS) is 16.2. The van der Waals surface area contributed by atoms with Crippen LogP contribution < -0.4 is 5.73 Å². The third-order valence-electron chi connectivity index (χ3n) is 2.84. The Bertz CT molecular complexity index is 543. The van der Waals surface area contributed by atoms with Gasteiger partial charge in [0.25, 0.3) is 0 Å². The number of hydrogen-bond acceptors (Lipinski definition) is 4. The van der Waals surface area contributed by atoms with Gasteiger partial charge in [0.1, 0.15) is 4.90 Å². The summed E-state index contributed by atoms with van der Waals surface area (Å²) in [6, 6.07) is 4.75. The van der Waals surface area contributed by atoms with Gasteiger partial charge in [-0.25, -0.2) is 8.42 Å². The van der Waals surface area contributed by atoms with Crippen molar-refractivity contribution in [3.05, 3.63) is 22.7 Å². The monoisotopic (exact) mass is 334 g/mol. The van der Waals surface area contributed by atoms with Crippen LogP contribution in [0.3, 0.4) is 0 Å². The molecule has 0 heterocycles. The molecule has 7 heteroatoms. The number of anilines is 1.